The molecule has 2 unspecified atom stereocenters. The van der Waals surface area contributed by atoms with Gasteiger partial charge in [0.05, 0.1) is 18.8 Å². The molecular weight excluding hydrogens is 238 g/mol. The van der Waals surface area contributed by atoms with Crippen molar-refractivity contribution in [1.29, 1.82) is 0 Å². The number of hydrogen-bond acceptors (Lipinski definition) is 3. The van der Waals surface area contributed by atoms with Gasteiger partial charge in [-0.05, 0) is 37.6 Å². The van der Waals surface area contributed by atoms with Crippen LogP contribution in [-0.2, 0) is 4.74 Å². The van der Waals surface area contributed by atoms with E-state index in [-0.39, 0.29) is 12.1 Å². The molecule has 3 nitrogen and oxygen atoms in total. The maximum atomic E-state index is 5.66. The van der Waals surface area contributed by atoms with Crippen LogP contribution in [0.1, 0.15) is 45.2 Å². The molecule has 0 radical (unpaired) electrons. The molecule has 0 aliphatic carbocycles. The first-order chi connectivity index (χ1) is 9.26. The van der Waals surface area contributed by atoms with E-state index in [2.05, 4.69) is 31.3 Å². The summed E-state index contributed by atoms with van der Waals surface area (Å²) in [6, 6.07) is 8.51. The molecule has 1 N–H and O–H groups in total. The molecule has 0 aliphatic heterocycles. The maximum absolute atomic E-state index is 5.66. The van der Waals surface area contributed by atoms with Crippen molar-refractivity contribution in [2.75, 3.05) is 20.3 Å². The Kier molecular flexibility index (Phi) is 7.53. The number of rotatable bonds is 9. The summed E-state index contributed by atoms with van der Waals surface area (Å²) in [5, 5.41) is 3.52. The predicted molar refractivity (Wildman–Crippen MR) is 79.7 cm³/mol. The molecule has 2 atom stereocenters. The molecule has 3 heteroatoms. The van der Waals surface area contributed by atoms with E-state index in [4.69, 9.17) is 9.47 Å². The van der Waals surface area contributed by atoms with Gasteiger partial charge in [-0.15, -0.1) is 0 Å². The van der Waals surface area contributed by atoms with E-state index >= 15 is 0 Å². The zero-order valence-corrected chi connectivity index (χ0v) is 12.6. The zero-order chi connectivity index (χ0) is 14.1. The van der Waals surface area contributed by atoms with Gasteiger partial charge in [-0.25, -0.2) is 0 Å². The highest BCUT2D eigenvalue weighted by Gasteiger charge is 2.21. The molecule has 1 rings (SSSR count). The zero-order valence-electron chi connectivity index (χ0n) is 12.6. The average molecular weight is 265 g/mol. The van der Waals surface area contributed by atoms with Crippen LogP contribution in [-0.4, -0.2) is 26.4 Å². The van der Waals surface area contributed by atoms with Crippen LogP contribution < -0.4 is 10.1 Å². The van der Waals surface area contributed by atoms with E-state index in [0.717, 1.165) is 25.1 Å². The van der Waals surface area contributed by atoms with E-state index < -0.39 is 0 Å². The number of methoxy groups -OCH3 is 1. The first-order valence-corrected chi connectivity index (χ1v) is 7.25. The molecular formula is C16H27NO2. The standard InChI is InChI=1S/C16H27NO2/c1-5-9-15(18-4)16(17-6-2)13-10-8-11-14(12-13)19-7-3/h8,10-12,15-17H,5-7,9H2,1-4H3. The Morgan fingerprint density at radius 1 is 1.21 bits per heavy atom. The average Bonchev–Trinajstić information content (AvgIpc) is 2.43. The highest BCUT2D eigenvalue weighted by Crippen LogP contribution is 2.25. The molecule has 19 heavy (non-hydrogen) atoms. The summed E-state index contributed by atoms with van der Waals surface area (Å²) in [6.45, 7) is 7.93. The van der Waals surface area contributed by atoms with Crippen LogP contribution in [0.4, 0.5) is 0 Å². The predicted octanol–water partition coefficient (Wildman–Crippen LogP) is 3.55. The van der Waals surface area contributed by atoms with Gasteiger partial charge in [-0.2, -0.15) is 0 Å². The van der Waals surface area contributed by atoms with Crippen molar-refractivity contribution in [2.24, 2.45) is 0 Å². The highest BCUT2D eigenvalue weighted by molar-refractivity contribution is 5.31. The van der Waals surface area contributed by atoms with Crippen LogP contribution in [0.25, 0.3) is 0 Å². The third kappa shape index (κ3) is 4.84. The Morgan fingerprint density at radius 2 is 2.00 bits per heavy atom. The summed E-state index contributed by atoms with van der Waals surface area (Å²) in [5.41, 5.74) is 1.23. The number of likely N-dealkylation sites (N-methyl/N-ethyl adjacent to an activating group) is 1. The molecule has 0 bridgehead atoms. The summed E-state index contributed by atoms with van der Waals surface area (Å²) in [5.74, 6) is 0.925. The van der Waals surface area contributed by atoms with Gasteiger partial charge in [0.15, 0.2) is 0 Å². The van der Waals surface area contributed by atoms with Gasteiger partial charge in [0.25, 0.3) is 0 Å². The Bertz CT molecular complexity index is 354. The fourth-order valence-electron chi connectivity index (χ4n) is 2.35. The monoisotopic (exact) mass is 265 g/mol. The van der Waals surface area contributed by atoms with Crippen molar-refractivity contribution in [3.8, 4) is 5.75 Å². The maximum Gasteiger partial charge on any atom is 0.119 e. The van der Waals surface area contributed by atoms with Gasteiger partial charge in [-0.1, -0.05) is 32.4 Å². The van der Waals surface area contributed by atoms with Crippen molar-refractivity contribution >= 4 is 0 Å². The summed E-state index contributed by atoms with van der Waals surface area (Å²) < 4.78 is 11.2. The third-order valence-corrected chi connectivity index (χ3v) is 3.20. The Labute approximate surface area is 117 Å². The minimum absolute atomic E-state index is 0.196. The van der Waals surface area contributed by atoms with E-state index in [9.17, 15) is 0 Å². The summed E-state index contributed by atoms with van der Waals surface area (Å²) in [4.78, 5) is 0. The van der Waals surface area contributed by atoms with Gasteiger partial charge in [0, 0.05) is 7.11 Å². The number of hydrogen-bond donors (Lipinski definition) is 1. The molecule has 0 fully saturated rings. The van der Waals surface area contributed by atoms with Gasteiger partial charge in [-0.3, -0.25) is 0 Å². The smallest absolute Gasteiger partial charge is 0.119 e. The second-order valence-electron chi connectivity index (χ2n) is 4.60. The minimum Gasteiger partial charge on any atom is -0.494 e. The van der Waals surface area contributed by atoms with E-state index in [0.29, 0.717) is 6.61 Å². The van der Waals surface area contributed by atoms with Crippen LogP contribution in [0, 0.1) is 0 Å². The molecule has 1 aromatic rings. The lowest BCUT2D eigenvalue weighted by Gasteiger charge is -2.27. The molecule has 0 saturated carbocycles. The van der Waals surface area contributed by atoms with E-state index in [1.807, 2.05) is 19.1 Å². The third-order valence-electron chi connectivity index (χ3n) is 3.20. The van der Waals surface area contributed by atoms with Gasteiger partial charge in [0.1, 0.15) is 5.75 Å². The highest BCUT2D eigenvalue weighted by atomic mass is 16.5. The fraction of sp³-hybridized carbons (Fsp3) is 0.625. The van der Waals surface area contributed by atoms with Crippen molar-refractivity contribution in [2.45, 2.75) is 45.8 Å². The summed E-state index contributed by atoms with van der Waals surface area (Å²) in [7, 11) is 1.79. The van der Waals surface area contributed by atoms with Gasteiger partial charge < -0.3 is 14.8 Å². The van der Waals surface area contributed by atoms with Crippen LogP contribution in [0.15, 0.2) is 24.3 Å². The molecule has 0 aromatic heterocycles. The lowest BCUT2D eigenvalue weighted by atomic mass is 9.97. The van der Waals surface area contributed by atoms with Crippen LogP contribution >= 0.6 is 0 Å². The van der Waals surface area contributed by atoms with Crippen molar-refractivity contribution in [3.63, 3.8) is 0 Å². The lowest BCUT2D eigenvalue weighted by Crippen LogP contribution is -2.33. The Morgan fingerprint density at radius 3 is 2.58 bits per heavy atom. The van der Waals surface area contributed by atoms with Crippen LogP contribution in [0.2, 0.25) is 0 Å². The summed E-state index contributed by atoms with van der Waals surface area (Å²) in [6.07, 6.45) is 2.36. The second-order valence-corrected chi connectivity index (χ2v) is 4.60. The molecule has 0 aliphatic rings. The van der Waals surface area contributed by atoms with Crippen LogP contribution in [0.5, 0.6) is 5.75 Å². The van der Waals surface area contributed by atoms with Crippen molar-refractivity contribution < 1.29 is 9.47 Å². The van der Waals surface area contributed by atoms with Crippen LogP contribution in [0.3, 0.4) is 0 Å². The van der Waals surface area contributed by atoms with Gasteiger partial charge >= 0.3 is 0 Å². The van der Waals surface area contributed by atoms with Gasteiger partial charge in [0.2, 0.25) is 0 Å². The molecule has 108 valence electrons. The Hall–Kier alpha value is -1.06. The van der Waals surface area contributed by atoms with E-state index in [1.165, 1.54) is 5.56 Å². The second kappa shape index (κ2) is 8.94. The SMILES string of the molecule is CCCC(OC)C(NCC)c1cccc(OCC)c1. The quantitative estimate of drug-likeness (QED) is 0.740. The molecule has 0 spiro atoms. The molecule has 0 heterocycles. The normalized spacial score (nSPS) is 14.1. The lowest BCUT2D eigenvalue weighted by molar-refractivity contribution is 0.0610. The molecule has 0 saturated heterocycles. The van der Waals surface area contributed by atoms with Crippen molar-refractivity contribution in [1.82, 2.24) is 5.32 Å². The summed E-state index contributed by atoms with van der Waals surface area (Å²) >= 11 is 0. The minimum atomic E-state index is 0.196. The first-order valence-electron chi connectivity index (χ1n) is 7.25. The Balaban J connectivity index is 2.93. The van der Waals surface area contributed by atoms with Crippen molar-refractivity contribution in [3.05, 3.63) is 29.8 Å². The largest absolute Gasteiger partial charge is 0.494 e. The number of benzene rings is 1. The number of nitrogens with one attached hydrogen (secondary N) is 1. The van der Waals surface area contributed by atoms with E-state index in [1.54, 1.807) is 7.11 Å². The first kappa shape index (κ1) is 16.0. The topological polar surface area (TPSA) is 30.5 Å². The molecule has 0 amide bonds. The molecule has 1 aromatic carbocycles. The fourth-order valence-corrected chi connectivity index (χ4v) is 2.35. The number of ether oxygens (including phenoxy) is 2.